The van der Waals surface area contributed by atoms with Crippen molar-refractivity contribution >= 4 is 27.3 Å². The van der Waals surface area contributed by atoms with Crippen LogP contribution in [0.1, 0.15) is 30.6 Å². The van der Waals surface area contributed by atoms with Gasteiger partial charge in [-0.15, -0.1) is 11.3 Å². The van der Waals surface area contributed by atoms with Crippen molar-refractivity contribution in [2.75, 3.05) is 0 Å². The summed E-state index contributed by atoms with van der Waals surface area (Å²) in [7, 11) is 0. The molecule has 0 aliphatic carbocycles. The Morgan fingerprint density at radius 3 is 2.93 bits per heavy atom. The molecule has 0 amide bonds. The molecule has 0 radical (unpaired) electrons. The molecule has 0 saturated carbocycles. The van der Waals surface area contributed by atoms with E-state index in [2.05, 4.69) is 56.8 Å². The predicted octanol–water partition coefficient (Wildman–Crippen LogP) is 3.88. The van der Waals surface area contributed by atoms with E-state index in [1.165, 1.54) is 4.88 Å². The summed E-state index contributed by atoms with van der Waals surface area (Å²) in [6.07, 6.45) is 2.80. The van der Waals surface area contributed by atoms with E-state index in [0.29, 0.717) is 6.04 Å². The van der Waals surface area contributed by atoms with Crippen molar-refractivity contribution in [1.82, 2.24) is 9.55 Å². The quantitative estimate of drug-likeness (QED) is 0.836. The monoisotopic (exact) mass is 284 g/mol. The number of hydrogen-bond acceptors (Lipinski definition) is 2. The van der Waals surface area contributed by atoms with Crippen molar-refractivity contribution in [2.45, 2.75) is 26.3 Å². The molecule has 2 heterocycles. The SMILES string of the molecule is CC(C)n1c(Br)cnc1Cc1cccs1. The summed E-state index contributed by atoms with van der Waals surface area (Å²) in [5.41, 5.74) is 0. The second kappa shape index (κ2) is 4.49. The maximum atomic E-state index is 4.43. The molecule has 0 spiro atoms. The summed E-state index contributed by atoms with van der Waals surface area (Å²) in [6.45, 7) is 4.34. The van der Waals surface area contributed by atoms with Crippen LogP contribution in [0.25, 0.3) is 0 Å². The zero-order chi connectivity index (χ0) is 10.8. The molecular formula is C11H13BrN2S. The molecule has 2 aromatic heterocycles. The minimum atomic E-state index is 0.442. The average Bonchev–Trinajstić information content (AvgIpc) is 2.76. The van der Waals surface area contributed by atoms with E-state index in [1.54, 1.807) is 11.3 Å². The molecule has 4 heteroatoms. The lowest BCUT2D eigenvalue weighted by Gasteiger charge is -2.12. The molecule has 0 aliphatic rings. The van der Waals surface area contributed by atoms with Gasteiger partial charge in [0.25, 0.3) is 0 Å². The molecule has 0 aromatic carbocycles. The Labute approximate surface area is 102 Å². The van der Waals surface area contributed by atoms with Gasteiger partial charge in [-0.3, -0.25) is 0 Å². The normalized spacial score (nSPS) is 11.2. The molecule has 0 saturated heterocycles. The van der Waals surface area contributed by atoms with Gasteiger partial charge in [0.05, 0.1) is 6.20 Å². The Kier molecular flexibility index (Phi) is 3.26. The third kappa shape index (κ3) is 2.32. The first-order chi connectivity index (χ1) is 7.18. The van der Waals surface area contributed by atoms with Gasteiger partial charge >= 0.3 is 0 Å². The van der Waals surface area contributed by atoms with E-state index in [1.807, 2.05) is 6.20 Å². The number of aromatic nitrogens is 2. The fraction of sp³-hybridized carbons (Fsp3) is 0.364. The third-order valence-electron chi connectivity index (χ3n) is 2.26. The summed E-state index contributed by atoms with van der Waals surface area (Å²) < 4.78 is 3.28. The van der Waals surface area contributed by atoms with Crippen molar-refractivity contribution in [3.63, 3.8) is 0 Å². The average molecular weight is 285 g/mol. The number of thiophene rings is 1. The van der Waals surface area contributed by atoms with Crippen LogP contribution in [0.4, 0.5) is 0 Å². The topological polar surface area (TPSA) is 17.8 Å². The van der Waals surface area contributed by atoms with Crippen molar-refractivity contribution in [3.8, 4) is 0 Å². The van der Waals surface area contributed by atoms with Crippen LogP contribution in [0.5, 0.6) is 0 Å². The zero-order valence-corrected chi connectivity index (χ0v) is 11.2. The Bertz CT molecular complexity index is 431. The second-order valence-corrected chi connectivity index (χ2v) is 5.56. The molecule has 2 aromatic rings. The molecule has 0 unspecified atom stereocenters. The Balaban J connectivity index is 2.29. The van der Waals surface area contributed by atoms with Gasteiger partial charge in [-0.2, -0.15) is 0 Å². The number of halogens is 1. The van der Waals surface area contributed by atoms with Gasteiger partial charge < -0.3 is 4.57 Å². The maximum Gasteiger partial charge on any atom is 0.115 e. The van der Waals surface area contributed by atoms with Gasteiger partial charge in [-0.1, -0.05) is 6.07 Å². The Hall–Kier alpha value is -0.610. The Morgan fingerprint density at radius 2 is 2.33 bits per heavy atom. The number of imidazole rings is 1. The minimum absolute atomic E-state index is 0.442. The minimum Gasteiger partial charge on any atom is -0.320 e. The number of rotatable bonds is 3. The summed E-state index contributed by atoms with van der Waals surface area (Å²) >= 11 is 5.30. The first kappa shape index (κ1) is 10.9. The fourth-order valence-electron chi connectivity index (χ4n) is 1.62. The first-order valence-electron chi connectivity index (χ1n) is 4.92. The lowest BCUT2D eigenvalue weighted by Crippen LogP contribution is -2.06. The standard InChI is InChI=1S/C11H13BrN2S/c1-8(2)14-10(12)7-13-11(14)6-9-4-3-5-15-9/h3-5,7-8H,6H2,1-2H3. The maximum absolute atomic E-state index is 4.43. The van der Waals surface area contributed by atoms with Gasteiger partial charge in [0, 0.05) is 17.3 Å². The van der Waals surface area contributed by atoms with Crippen molar-refractivity contribution in [3.05, 3.63) is 39.0 Å². The van der Waals surface area contributed by atoms with Crippen LogP contribution in [0.3, 0.4) is 0 Å². The largest absolute Gasteiger partial charge is 0.320 e. The highest BCUT2D eigenvalue weighted by Crippen LogP contribution is 2.22. The molecule has 2 nitrogen and oxygen atoms in total. The van der Waals surface area contributed by atoms with E-state index in [0.717, 1.165) is 16.8 Å². The molecular weight excluding hydrogens is 272 g/mol. The van der Waals surface area contributed by atoms with E-state index in [4.69, 9.17) is 0 Å². The third-order valence-corrected chi connectivity index (χ3v) is 3.72. The summed E-state index contributed by atoms with van der Waals surface area (Å²) in [6, 6.07) is 4.67. The van der Waals surface area contributed by atoms with Crippen LogP contribution < -0.4 is 0 Å². The molecule has 0 N–H and O–H groups in total. The van der Waals surface area contributed by atoms with Crippen molar-refractivity contribution in [2.24, 2.45) is 0 Å². The van der Waals surface area contributed by atoms with Crippen LogP contribution >= 0.6 is 27.3 Å². The van der Waals surface area contributed by atoms with Gasteiger partial charge in [0.2, 0.25) is 0 Å². The van der Waals surface area contributed by atoms with Crippen LogP contribution in [0.2, 0.25) is 0 Å². The molecule has 0 aliphatic heterocycles. The smallest absolute Gasteiger partial charge is 0.115 e. The molecule has 80 valence electrons. The highest BCUT2D eigenvalue weighted by Gasteiger charge is 2.11. The van der Waals surface area contributed by atoms with Gasteiger partial charge in [-0.25, -0.2) is 4.98 Å². The zero-order valence-electron chi connectivity index (χ0n) is 8.77. The Morgan fingerprint density at radius 1 is 1.53 bits per heavy atom. The lowest BCUT2D eigenvalue weighted by molar-refractivity contribution is 0.565. The highest BCUT2D eigenvalue weighted by atomic mass is 79.9. The highest BCUT2D eigenvalue weighted by molar-refractivity contribution is 9.10. The molecule has 15 heavy (non-hydrogen) atoms. The molecule has 0 bridgehead atoms. The predicted molar refractivity (Wildman–Crippen MR) is 67.4 cm³/mol. The van der Waals surface area contributed by atoms with Crippen LogP contribution in [-0.4, -0.2) is 9.55 Å². The van der Waals surface area contributed by atoms with Crippen LogP contribution in [0, 0.1) is 0 Å². The first-order valence-corrected chi connectivity index (χ1v) is 6.59. The van der Waals surface area contributed by atoms with Crippen LogP contribution in [-0.2, 0) is 6.42 Å². The van der Waals surface area contributed by atoms with E-state index < -0.39 is 0 Å². The van der Waals surface area contributed by atoms with E-state index in [-0.39, 0.29) is 0 Å². The lowest BCUT2D eigenvalue weighted by atomic mass is 10.3. The van der Waals surface area contributed by atoms with E-state index >= 15 is 0 Å². The van der Waals surface area contributed by atoms with Gasteiger partial charge in [-0.05, 0) is 41.2 Å². The summed E-state index contributed by atoms with van der Waals surface area (Å²) in [5, 5.41) is 2.10. The fourth-order valence-corrected chi connectivity index (χ4v) is 3.04. The number of nitrogens with zero attached hydrogens (tertiary/aromatic N) is 2. The van der Waals surface area contributed by atoms with Crippen molar-refractivity contribution < 1.29 is 0 Å². The molecule has 0 fully saturated rings. The van der Waals surface area contributed by atoms with Gasteiger partial charge in [0.1, 0.15) is 10.4 Å². The summed E-state index contributed by atoms with van der Waals surface area (Å²) in [5.74, 6) is 1.12. The number of hydrogen-bond donors (Lipinski definition) is 0. The van der Waals surface area contributed by atoms with Gasteiger partial charge in [0.15, 0.2) is 0 Å². The van der Waals surface area contributed by atoms with Crippen LogP contribution in [0.15, 0.2) is 28.3 Å². The van der Waals surface area contributed by atoms with E-state index in [9.17, 15) is 0 Å². The molecule has 2 rings (SSSR count). The molecule has 0 atom stereocenters. The van der Waals surface area contributed by atoms with Crippen molar-refractivity contribution in [1.29, 1.82) is 0 Å². The second-order valence-electron chi connectivity index (χ2n) is 3.72. The summed E-state index contributed by atoms with van der Waals surface area (Å²) in [4.78, 5) is 5.79.